The molecule has 0 aliphatic rings. The first kappa shape index (κ1) is 14.8. The van der Waals surface area contributed by atoms with Crippen molar-refractivity contribution in [2.24, 2.45) is 0 Å². The molecule has 0 atom stereocenters. The highest BCUT2D eigenvalue weighted by atomic mass is 19.1. The predicted octanol–water partition coefficient (Wildman–Crippen LogP) is 1.23. The molecule has 0 bridgehead atoms. The van der Waals surface area contributed by atoms with E-state index in [-0.39, 0.29) is 23.6 Å². The average molecular weight is 296 g/mol. The maximum Gasteiger partial charge on any atom is 0.251 e. The Morgan fingerprint density at radius 3 is 2.62 bits per heavy atom. The molecular weight excluding hydrogens is 282 g/mol. The molecule has 0 spiro atoms. The van der Waals surface area contributed by atoms with Gasteiger partial charge in [-0.05, 0) is 18.6 Å². The smallest absolute Gasteiger partial charge is 0.251 e. The summed E-state index contributed by atoms with van der Waals surface area (Å²) in [7, 11) is 0. The lowest BCUT2D eigenvalue weighted by atomic mass is 10.1. The standard InChI is InChI=1S/C12H14F2N6O/c1-2-3-15-11-8(13)4-7(5-9(11)14)12(21)16-6-10-17-19-20-18-10/h4-5,15H,2-3,6H2,1H3,(H,16,21)(H,17,18,19,20). The number of nitrogens with zero attached hydrogens (tertiary/aromatic N) is 3. The van der Waals surface area contributed by atoms with Gasteiger partial charge < -0.3 is 10.6 Å². The van der Waals surface area contributed by atoms with E-state index in [2.05, 4.69) is 31.3 Å². The van der Waals surface area contributed by atoms with E-state index in [1.807, 2.05) is 6.92 Å². The number of carbonyl (C=O) groups excluding carboxylic acids is 1. The van der Waals surface area contributed by atoms with E-state index >= 15 is 0 Å². The first-order chi connectivity index (χ1) is 10.1. The normalized spacial score (nSPS) is 10.4. The molecule has 1 aromatic carbocycles. The number of hydrogen-bond acceptors (Lipinski definition) is 5. The fraction of sp³-hybridized carbons (Fsp3) is 0.333. The molecule has 2 aromatic rings. The van der Waals surface area contributed by atoms with Crippen LogP contribution >= 0.6 is 0 Å². The van der Waals surface area contributed by atoms with Gasteiger partial charge in [0.25, 0.3) is 5.91 Å². The van der Waals surface area contributed by atoms with E-state index in [0.717, 1.165) is 18.6 Å². The van der Waals surface area contributed by atoms with Crippen LogP contribution in [-0.2, 0) is 6.54 Å². The van der Waals surface area contributed by atoms with Crippen LogP contribution in [0.3, 0.4) is 0 Å². The van der Waals surface area contributed by atoms with Crippen molar-refractivity contribution in [1.29, 1.82) is 0 Å². The van der Waals surface area contributed by atoms with E-state index in [9.17, 15) is 13.6 Å². The van der Waals surface area contributed by atoms with E-state index in [0.29, 0.717) is 6.54 Å². The number of halogens is 2. The molecule has 21 heavy (non-hydrogen) atoms. The third kappa shape index (κ3) is 3.71. The number of amides is 1. The molecule has 0 unspecified atom stereocenters. The lowest BCUT2D eigenvalue weighted by Gasteiger charge is -2.09. The van der Waals surface area contributed by atoms with Gasteiger partial charge in [-0.25, -0.2) is 8.78 Å². The number of rotatable bonds is 6. The van der Waals surface area contributed by atoms with Crippen molar-refractivity contribution in [3.05, 3.63) is 35.2 Å². The van der Waals surface area contributed by atoms with Gasteiger partial charge >= 0.3 is 0 Å². The van der Waals surface area contributed by atoms with E-state index < -0.39 is 17.5 Å². The second-order valence-corrected chi connectivity index (χ2v) is 4.25. The maximum absolute atomic E-state index is 13.8. The number of carbonyl (C=O) groups is 1. The number of aromatic nitrogens is 4. The largest absolute Gasteiger partial charge is 0.380 e. The molecule has 0 aliphatic heterocycles. The molecule has 2 rings (SSSR count). The lowest BCUT2D eigenvalue weighted by Crippen LogP contribution is -2.24. The second-order valence-electron chi connectivity index (χ2n) is 4.25. The van der Waals surface area contributed by atoms with Crippen LogP contribution in [0.25, 0.3) is 0 Å². The van der Waals surface area contributed by atoms with Gasteiger partial charge in [0.05, 0.1) is 6.54 Å². The Hall–Kier alpha value is -2.58. The SMILES string of the molecule is CCCNc1c(F)cc(C(=O)NCc2nn[nH]n2)cc1F. The van der Waals surface area contributed by atoms with Crippen molar-refractivity contribution in [3.8, 4) is 0 Å². The van der Waals surface area contributed by atoms with Crippen LogP contribution in [0.4, 0.5) is 14.5 Å². The van der Waals surface area contributed by atoms with Gasteiger partial charge in [-0.1, -0.05) is 12.1 Å². The summed E-state index contributed by atoms with van der Waals surface area (Å²) in [6.07, 6.45) is 0.728. The highest BCUT2D eigenvalue weighted by Gasteiger charge is 2.15. The molecule has 1 heterocycles. The van der Waals surface area contributed by atoms with E-state index in [1.54, 1.807) is 0 Å². The Labute approximate surface area is 119 Å². The topological polar surface area (TPSA) is 95.6 Å². The first-order valence-corrected chi connectivity index (χ1v) is 6.35. The molecule has 1 amide bonds. The van der Waals surface area contributed by atoms with Gasteiger partial charge in [-0.3, -0.25) is 4.79 Å². The van der Waals surface area contributed by atoms with Crippen LogP contribution < -0.4 is 10.6 Å². The number of benzene rings is 1. The minimum atomic E-state index is -0.812. The first-order valence-electron chi connectivity index (χ1n) is 6.35. The van der Waals surface area contributed by atoms with Crippen LogP contribution in [0.15, 0.2) is 12.1 Å². The third-order valence-corrected chi connectivity index (χ3v) is 2.65. The monoisotopic (exact) mass is 296 g/mol. The van der Waals surface area contributed by atoms with Crippen LogP contribution in [0.2, 0.25) is 0 Å². The number of nitrogens with one attached hydrogen (secondary N) is 3. The summed E-state index contributed by atoms with van der Waals surface area (Å²) in [6, 6.07) is 1.96. The molecule has 0 saturated carbocycles. The zero-order valence-electron chi connectivity index (χ0n) is 11.3. The molecule has 3 N–H and O–H groups in total. The van der Waals surface area contributed by atoms with Gasteiger partial charge in [0.2, 0.25) is 0 Å². The Morgan fingerprint density at radius 2 is 2.05 bits per heavy atom. The molecule has 0 aliphatic carbocycles. The maximum atomic E-state index is 13.8. The van der Waals surface area contributed by atoms with Crippen molar-refractivity contribution in [2.75, 3.05) is 11.9 Å². The third-order valence-electron chi connectivity index (χ3n) is 2.65. The van der Waals surface area contributed by atoms with Gasteiger partial charge in [-0.2, -0.15) is 5.21 Å². The quantitative estimate of drug-likeness (QED) is 0.745. The van der Waals surface area contributed by atoms with Crippen molar-refractivity contribution in [1.82, 2.24) is 25.9 Å². The molecule has 0 fully saturated rings. The van der Waals surface area contributed by atoms with Crippen molar-refractivity contribution < 1.29 is 13.6 Å². The number of aromatic amines is 1. The van der Waals surface area contributed by atoms with Gasteiger partial charge in [0.15, 0.2) is 5.82 Å². The average Bonchev–Trinajstić information content (AvgIpc) is 2.97. The zero-order chi connectivity index (χ0) is 15.2. The highest BCUT2D eigenvalue weighted by molar-refractivity contribution is 5.94. The van der Waals surface area contributed by atoms with Crippen molar-refractivity contribution >= 4 is 11.6 Å². The Kier molecular flexibility index (Phi) is 4.75. The van der Waals surface area contributed by atoms with Crippen LogP contribution in [-0.4, -0.2) is 33.1 Å². The van der Waals surface area contributed by atoms with Crippen LogP contribution in [0.1, 0.15) is 29.5 Å². The summed E-state index contributed by atoms with van der Waals surface area (Å²) >= 11 is 0. The minimum Gasteiger partial charge on any atom is -0.380 e. The number of tetrazole rings is 1. The zero-order valence-corrected chi connectivity index (χ0v) is 11.3. The fourth-order valence-electron chi connectivity index (χ4n) is 1.64. The van der Waals surface area contributed by atoms with Crippen LogP contribution in [0.5, 0.6) is 0 Å². The summed E-state index contributed by atoms with van der Waals surface area (Å²) in [5.74, 6) is -1.98. The number of H-pyrrole nitrogens is 1. The summed E-state index contributed by atoms with van der Waals surface area (Å²) in [6.45, 7) is 2.33. The predicted molar refractivity (Wildman–Crippen MR) is 70.5 cm³/mol. The molecular formula is C12H14F2N6O. The van der Waals surface area contributed by atoms with Crippen LogP contribution in [0, 0.1) is 11.6 Å². The lowest BCUT2D eigenvalue weighted by molar-refractivity contribution is 0.0949. The Morgan fingerprint density at radius 1 is 1.33 bits per heavy atom. The Balaban J connectivity index is 2.07. The molecule has 9 heteroatoms. The van der Waals surface area contributed by atoms with E-state index in [4.69, 9.17) is 0 Å². The highest BCUT2D eigenvalue weighted by Crippen LogP contribution is 2.20. The number of hydrogen-bond donors (Lipinski definition) is 3. The second kappa shape index (κ2) is 6.73. The Bertz CT molecular complexity index is 593. The molecule has 7 nitrogen and oxygen atoms in total. The molecule has 0 radical (unpaired) electrons. The molecule has 1 aromatic heterocycles. The summed E-state index contributed by atoms with van der Waals surface area (Å²) < 4.78 is 27.6. The van der Waals surface area contributed by atoms with Gasteiger partial charge in [-0.15, -0.1) is 10.2 Å². The van der Waals surface area contributed by atoms with Crippen molar-refractivity contribution in [3.63, 3.8) is 0 Å². The summed E-state index contributed by atoms with van der Waals surface area (Å²) in [5.41, 5.74) is -0.345. The summed E-state index contributed by atoms with van der Waals surface area (Å²) in [5, 5.41) is 17.9. The summed E-state index contributed by atoms with van der Waals surface area (Å²) in [4.78, 5) is 11.8. The van der Waals surface area contributed by atoms with E-state index in [1.165, 1.54) is 0 Å². The fourth-order valence-corrected chi connectivity index (χ4v) is 1.64. The van der Waals surface area contributed by atoms with Gasteiger partial charge in [0, 0.05) is 12.1 Å². The molecule has 0 saturated heterocycles. The number of anilines is 1. The van der Waals surface area contributed by atoms with Gasteiger partial charge in [0.1, 0.15) is 17.3 Å². The molecule has 112 valence electrons. The van der Waals surface area contributed by atoms with Crippen molar-refractivity contribution in [2.45, 2.75) is 19.9 Å². The minimum absolute atomic E-state index is 0.00834.